The van der Waals surface area contributed by atoms with Crippen molar-refractivity contribution in [2.75, 3.05) is 18.9 Å². The van der Waals surface area contributed by atoms with Crippen LogP contribution in [0.1, 0.15) is 51.9 Å². The van der Waals surface area contributed by atoms with E-state index in [4.69, 9.17) is 9.88 Å². The van der Waals surface area contributed by atoms with E-state index < -0.39 is 10.0 Å². The zero-order valence-corrected chi connectivity index (χ0v) is 13.3. The van der Waals surface area contributed by atoms with E-state index in [1.165, 1.54) is 32.1 Å². The van der Waals surface area contributed by atoms with Crippen LogP contribution in [0, 0.1) is 5.41 Å². The summed E-state index contributed by atoms with van der Waals surface area (Å²) in [7, 11) is -3.33. The Morgan fingerprint density at radius 1 is 1.30 bits per heavy atom. The molecule has 2 atom stereocenters. The molecule has 0 bridgehead atoms. The minimum atomic E-state index is -3.33. The smallest absolute Gasteiger partial charge is 0.209 e. The van der Waals surface area contributed by atoms with Crippen molar-refractivity contribution in [2.45, 2.75) is 64.0 Å². The van der Waals surface area contributed by atoms with Gasteiger partial charge in [-0.3, -0.25) is 0 Å². The first kappa shape index (κ1) is 16.2. The van der Waals surface area contributed by atoms with E-state index in [2.05, 4.69) is 12.2 Å². The van der Waals surface area contributed by atoms with Crippen LogP contribution in [0.4, 0.5) is 0 Å². The van der Waals surface area contributed by atoms with Crippen LogP contribution in [0.15, 0.2) is 0 Å². The molecule has 5 nitrogen and oxygen atoms in total. The van der Waals surface area contributed by atoms with Crippen LogP contribution < -0.4 is 10.5 Å². The van der Waals surface area contributed by atoms with Gasteiger partial charge in [-0.05, 0) is 39.2 Å². The molecule has 2 aliphatic rings. The van der Waals surface area contributed by atoms with Crippen LogP contribution in [-0.4, -0.2) is 39.5 Å². The Bertz CT molecular complexity index is 405. The first-order chi connectivity index (χ1) is 9.48. The van der Waals surface area contributed by atoms with Gasteiger partial charge in [0.25, 0.3) is 0 Å². The third-order valence-electron chi connectivity index (χ3n) is 4.93. The minimum Gasteiger partial charge on any atom is -0.378 e. The Hall–Kier alpha value is -0.170. The van der Waals surface area contributed by atoms with Gasteiger partial charge in [0.15, 0.2) is 0 Å². The highest BCUT2D eigenvalue weighted by atomic mass is 32.2. The van der Waals surface area contributed by atoms with Crippen molar-refractivity contribution >= 4 is 10.0 Å². The molecule has 1 spiro atoms. The van der Waals surface area contributed by atoms with E-state index in [0.717, 1.165) is 19.6 Å². The largest absolute Gasteiger partial charge is 0.378 e. The van der Waals surface area contributed by atoms with E-state index in [1.807, 2.05) is 0 Å². The molecule has 2 saturated carbocycles. The molecule has 2 unspecified atom stereocenters. The SMILES string of the molecule is CCOC1CC(NCCCS(N)(=O)=O)C12CCCCC2. The number of rotatable bonds is 7. The molecule has 0 heterocycles. The zero-order valence-electron chi connectivity index (χ0n) is 12.4. The van der Waals surface area contributed by atoms with Crippen LogP contribution >= 0.6 is 0 Å². The fourth-order valence-electron chi connectivity index (χ4n) is 3.90. The summed E-state index contributed by atoms with van der Waals surface area (Å²) in [6, 6.07) is 0.486. The summed E-state index contributed by atoms with van der Waals surface area (Å²) in [6.07, 6.45) is 8.43. The fourth-order valence-corrected chi connectivity index (χ4v) is 4.45. The highest BCUT2D eigenvalue weighted by Crippen LogP contribution is 2.53. The lowest BCUT2D eigenvalue weighted by atomic mass is 9.55. The summed E-state index contributed by atoms with van der Waals surface area (Å²) in [5.74, 6) is 0.0641. The molecule has 118 valence electrons. The average Bonchev–Trinajstić information content (AvgIpc) is 2.41. The van der Waals surface area contributed by atoms with Gasteiger partial charge in [0.05, 0.1) is 11.9 Å². The number of ether oxygens (including phenoxy) is 1. The predicted octanol–water partition coefficient (Wildman–Crippen LogP) is 1.38. The maximum atomic E-state index is 10.9. The van der Waals surface area contributed by atoms with Crippen molar-refractivity contribution in [1.82, 2.24) is 5.32 Å². The van der Waals surface area contributed by atoms with Crippen molar-refractivity contribution in [3.63, 3.8) is 0 Å². The molecular formula is C14H28N2O3S. The lowest BCUT2D eigenvalue weighted by molar-refractivity contribution is -0.149. The summed E-state index contributed by atoms with van der Waals surface area (Å²) < 4.78 is 27.7. The molecule has 0 aliphatic heterocycles. The van der Waals surface area contributed by atoms with Gasteiger partial charge < -0.3 is 10.1 Å². The standard InChI is InChI=1S/C14H28N2O3S/c1-2-19-13-11-12(14(13)7-4-3-5-8-14)16-9-6-10-20(15,17)18/h12-13,16H,2-11H2,1H3,(H2,15,17,18). The van der Waals surface area contributed by atoms with Crippen molar-refractivity contribution in [1.29, 1.82) is 0 Å². The van der Waals surface area contributed by atoms with Gasteiger partial charge in [-0.2, -0.15) is 0 Å². The summed E-state index contributed by atoms with van der Waals surface area (Å²) in [6.45, 7) is 3.57. The van der Waals surface area contributed by atoms with Crippen LogP contribution in [0.25, 0.3) is 0 Å². The Labute approximate surface area is 122 Å². The molecule has 0 saturated heterocycles. The first-order valence-corrected chi connectivity index (χ1v) is 9.55. The molecule has 0 radical (unpaired) electrons. The average molecular weight is 304 g/mol. The molecule has 0 aromatic rings. The molecule has 2 rings (SSSR count). The van der Waals surface area contributed by atoms with Gasteiger partial charge in [0.1, 0.15) is 0 Å². The summed E-state index contributed by atoms with van der Waals surface area (Å²) >= 11 is 0. The van der Waals surface area contributed by atoms with Crippen LogP contribution in [0.2, 0.25) is 0 Å². The quantitative estimate of drug-likeness (QED) is 0.696. The van der Waals surface area contributed by atoms with E-state index in [-0.39, 0.29) is 5.75 Å². The lowest BCUT2D eigenvalue weighted by Crippen LogP contribution is -2.64. The van der Waals surface area contributed by atoms with Crippen LogP contribution in [0.5, 0.6) is 0 Å². The van der Waals surface area contributed by atoms with Gasteiger partial charge in [-0.15, -0.1) is 0 Å². The molecule has 20 heavy (non-hydrogen) atoms. The third kappa shape index (κ3) is 3.72. The molecule has 3 N–H and O–H groups in total. The topological polar surface area (TPSA) is 81.4 Å². The van der Waals surface area contributed by atoms with E-state index >= 15 is 0 Å². The second-order valence-electron chi connectivity index (χ2n) is 6.20. The monoisotopic (exact) mass is 304 g/mol. The molecule has 0 aromatic carbocycles. The van der Waals surface area contributed by atoms with Crippen molar-refractivity contribution in [3.05, 3.63) is 0 Å². The minimum absolute atomic E-state index is 0.0641. The van der Waals surface area contributed by atoms with Gasteiger partial charge in [-0.25, -0.2) is 13.6 Å². The molecule has 0 aromatic heterocycles. The molecular weight excluding hydrogens is 276 g/mol. The Kier molecular flexibility index (Phi) is 5.45. The fraction of sp³-hybridized carbons (Fsp3) is 1.00. The van der Waals surface area contributed by atoms with Gasteiger partial charge in [-0.1, -0.05) is 19.3 Å². The Morgan fingerprint density at radius 2 is 2.00 bits per heavy atom. The van der Waals surface area contributed by atoms with Gasteiger partial charge >= 0.3 is 0 Å². The van der Waals surface area contributed by atoms with Crippen LogP contribution in [0.3, 0.4) is 0 Å². The first-order valence-electron chi connectivity index (χ1n) is 7.83. The van der Waals surface area contributed by atoms with E-state index in [1.54, 1.807) is 0 Å². The van der Waals surface area contributed by atoms with E-state index in [9.17, 15) is 8.42 Å². The maximum Gasteiger partial charge on any atom is 0.209 e. The van der Waals surface area contributed by atoms with Gasteiger partial charge in [0, 0.05) is 18.1 Å². The number of nitrogens with two attached hydrogens (primary N) is 1. The predicted molar refractivity (Wildman–Crippen MR) is 79.9 cm³/mol. The number of sulfonamides is 1. The normalized spacial score (nSPS) is 29.3. The molecule has 0 amide bonds. The van der Waals surface area contributed by atoms with Crippen molar-refractivity contribution in [2.24, 2.45) is 10.6 Å². The lowest BCUT2D eigenvalue weighted by Gasteiger charge is -2.58. The Morgan fingerprint density at radius 3 is 2.60 bits per heavy atom. The Balaban J connectivity index is 1.82. The number of primary sulfonamides is 1. The second-order valence-corrected chi connectivity index (χ2v) is 7.93. The molecule has 2 aliphatic carbocycles. The maximum absolute atomic E-state index is 10.9. The summed E-state index contributed by atoms with van der Waals surface area (Å²) in [5, 5.41) is 8.56. The highest BCUT2D eigenvalue weighted by molar-refractivity contribution is 7.89. The van der Waals surface area contributed by atoms with Crippen molar-refractivity contribution in [3.8, 4) is 0 Å². The summed E-state index contributed by atoms with van der Waals surface area (Å²) in [5.41, 5.74) is 0.301. The number of hydrogen-bond donors (Lipinski definition) is 2. The summed E-state index contributed by atoms with van der Waals surface area (Å²) in [4.78, 5) is 0. The molecule has 2 fully saturated rings. The molecule has 6 heteroatoms. The van der Waals surface area contributed by atoms with Gasteiger partial charge in [0.2, 0.25) is 10.0 Å². The zero-order chi connectivity index (χ0) is 14.6. The van der Waals surface area contributed by atoms with Crippen LogP contribution in [-0.2, 0) is 14.8 Å². The van der Waals surface area contributed by atoms with E-state index in [0.29, 0.717) is 24.0 Å². The number of nitrogens with one attached hydrogen (secondary N) is 1. The third-order valence-corrected chi connectivity index (χ3v) is 5.79. The highest BCUT2D eigenvalue weighted by Gasteiger charge is 2.55. The second kappa shape index (κ2) is 6.73. The van der Waals surface area contributed by atoms with Crippen molar-refractivity contribution < 1.29 is 13.2 Å². The number of hydrogen-bond acceptors (Lipinski definition) is 4.